The molecule has 0 radical (unpaired) electrons. The van der Waals surface area contributed by atoms with Crippen molar-refractivity contribution in [3.05, 3.63) is 181 Å². The summed E-state index contributed by atoms with van der Waals surface area (Å²) < 4.78 is 0. The van der Waals surface area contributed by atoms with E-state index in [2.05, 4.69) is 184 Å². The van der Waals surface area contributed by atoms with Crippen molar-refractivity contribution < 1.29 is 17.1 Å². The summed E-state index contributed by atoms with van der Waals surface area (Å²) in [5.74, 6) is 0. The third kappa shape index (κ3) is 8.54. The average Bonchev–Trinajstić information content (AvgIpc) is 3.80. The summed E-state index contributed by atoms with van der Waals surface area (Å²) in [5.41, 5.74) is 4.10. The predicted octanol–water partition coefficient (Wildman–Crippen LogP) is 9.98. The summed E-state index contributed by atoms with van der Waals surface area (Å²) in [6, 6.07) is 61.6. The smallest absolute Gasteiger partial charge is 0 e. The van der Waals surface area contributed by atoms with Gasteiger partial charge in [-0.25, -0.2) is 24.3 Å². The number of rotatable bonds is 10. The van der Waals surface area contributed by atoms with Crippen molar-refractivity contribution in [1.82, 2.24) is 0 Å². The first-order valence-corrected chi connectivity index (χ1v) is 17.8. The zero-order chi connectivity index (χ0) is 29.0. The second-order valence-corrected chi connectivity index (χ2v) is 15.2. The van der Waals surface area contributed by atoms with E-state index >= 15 is 0 Å². The molecule has 0 nitrogen and oxygen atoms in total. The van der Waals surface area contributed by atoms with Gasteiger partial charge in [0.25, 0.3) is 0 Å². The molecule has 0 bridgehead atoms. The Kier molecular flexibility index (Phi) is 13.2. The molecule has 0 aliphatic heterocycles. The van der Waals surface area contributed by atoms with E-state index in [1.54, 1.807) is 0 Å². The van der Waals surface area contributed by atoms with Gasteiger partial charge in [-0.2, -0.15) is 24.3 Å². The van der Waals surface area contributed by atoms with Crippen LogP contribution in [0.1, 0.15) is 49.1 Å². The molecule has 0 spiro atoms. The third-order valence-corrected chi connectivity index (χ3v) is 13.7. The second-order valence-electron chi connectivity index (χ2n) is 10.4. The topological polar surface area (TPSA) is 0 Å². The van der Waals surface area contributed by atoms with Gasteiger partial charge in [0.1, 0.15) is 0 Å². The predicted molar refractivity (Wildman–Crippen MR) is 188 cm³/mol. The van der Waals surface area contributed by atoms with Gasteiger partial charge in [-0.05, 0) is 48.4 Å². The maximum atomic E-state index is 2.30. The minimum absolute atomic E-state index is 0. The van der Waals surface area contributed by atoms with Crippen LogP contribution in [0.3, 0.4) is 0 Å². The fraction of sp³-hybridized carbons (Fsp3) is 0.150. The van der Waals surface area contributed by atoms with Crippen molar-refractivity contribution in [2.24, 2.45) is 0 Å². The Hall–Kier alpha value is -3.04. The van der Waals surface area contributed by atoms with E-state index in [1.807, 2.05) is 0 Å². The number of hydrogen-bond acceptors (Lipinski definition) is 0. The van der Waals surface area contributed by atoms with Crippen LogP contribution >= 0.6 is 15.8 Å². The molecule has 0 fully saturated rings. The summed E-state index contributed by atoms with van der Waals surface area (Å²) in [6.07, 6.45) is 2.33. The molecule has 3 heteroatoms. The van der Waals surface area contributed by atoms with Gasteiger partial charge in [0.2, 0.25) is 0 Å². The van der Waals surface area contributed by atoms with E-state index in [1.165, 1.54) is 45.2 Å². The zero-order valence-corrected chi connectivity index (χ0v) is 27.9. The molecular formula is C40H40FeP2-2. The third-order valence-electron chi connectivity index (χ3n) is 7.68. The Balaban J connectivity index is 0.000000192. The van der Waals surface area contributed by atoms with Gasteiger partial charge in [-0.3, -0.25) is 0 Å². The van der Waals surface area contributed by atoms with Gasteiger partial charge in [-0.15, -0.1) is 11.1 Å². The van der Waals surface area contributed by atoms with E-state index in [9.17, 15) is 0 Å². The summed E-state index contributed by atoms with van der Waals surface area (Å²) in [7, 11) is -0.730. The Labute approximate surface area is 271 Å². The van der Waals surface area contributed by atoms with Crippen LogP contribution in [0.2, 0.25) is 0 Å². The Morgan fingerprint density at radius 3 is 0.837 bits per heavy atom. The molecule has 6 aromatic carbocycles. The maximum absolute atomic E-state index is 2.30. The van der Waals surface area contributed by atoms with Crippen molar-refractivity contribution >= 4 is 37.1 Å². The van der Waals surface area contributed by atoms with Crippen LogP contribution in [0, 0.1) is 0 Å². The molecule has 0 aliphatic carbocycles. The molecule has 220 valence electrons. The minimum atomic E-state index is -0.365. The second kappa shape index (κ2) is 17.3. The molecule has 6 aromatic rings. The number of hydrogen-bond donors (Lipinski definition) is 0. The molecule has 0 aromatic heterocycles. The van der Waals surface area contributed by atoms with Gasteiger partial charge in [-0.1, -0.05) is 148 Å². The van der Waals surface area contributed by atoms with Gasteiger partial charge in [0, 0.05) is 17.1 Å². The van der Waals surface area contributed by atoms with Crippen molar-refractivity contribution in [3.8, 4) is 0 Å². The Morgan fingerprint density at radius 2 is 0.628 bits per heavy atom. The maximum Gasteiger partial charge on any atom is 0 e. The number of benzene rings is 4. The van der Waals surface area contributed by atoms with Crippen LogP contribution in [0.15, 0.2) is 170 Å². The summed E-state index contributed by atoms with van der Waals surface area (Å²) in [5, 5.41) is 5.86. The average molecular weight is 639 g/mol. The SMILES string of the molecule is CCC([c-]1cccc1)P(c1ccccc1)c1ccccc1.CCC([c-]1cccc1)P(c1ccccc1)c1ccccc1.[Fe]. The van der Waals surface area contributed by atoms with Crippen molar-refractivity contribution in [2.45, 2.75) is 38.0 Å². The van der Waals surface area contributed by atoms with Gasteiger partial charge in [0.05, 0.1) is 0 Å². The van der Waals surface area contributed by atoms with E-state index in [4.69, 9.17) is 0 Å². The van der Waals surface area contributed by atoms with Crippen LogP contribution in [0.5, 0.6) is 0 Å². The van der Waals surface area contributed by atoms with E-state index < -0.39 is 0 Å². The quantitative estimate of drug-likeness (QED) is 0.0796. The van der Waals surface area contributed by atoms with Crippen molar-refractivity contribution in [1.29, 1.82) is 0 Å². The van der Waals surface area contributed by atoms with Crippen LogP contribution in [0.25, 0.3) is 0 Å². The van der Waals surface area contributed by atoms with E-state index in [-0.39, 0.29) is 32.9 Å². The van der Waals surface area contributed by atoms with Crippen molar-refractivity contribution in [3.63, 3.8) is 0 Å². The largest absolute Gasteiger partial charge is 0.213 e. The fourth-order valence-electron chi connectivity index (χ4n) is 5.73. The molecule has 0 heterocycles. The molecule has 43 heavy (non-hydrogen) atoms. The standard InChI is InChI=1S/2C20H20P.Fe/c2*1-2-20(17-11-9-10-12-17)21(18-13-5-3-6-14-18)19-15-7-4-8-16-19;/h2*3-16,20H,2H2,1H3;/q2*-1;. The van der Waals surface area contributed by atoms with Crippen LogP contribution in [-0.2, 0) is 17.1 Å². The molecule has 0 saturated carbocycles. The zero-order valence-electron chi connectivity index (χ0n) is 25.0. The van der Waals surface area contributed by atoms with Crippen LogP contribution in [0.4, 0.5) is 0 Å². The molecule has 0 amide bonds. The summed E-state index contributed by atoms with van der Waals surface area (Å²) in [6.45, 7) is 4.61. The summed E-state index contributed by atoms with van der Waals surface area (Å²) in [4.78, 5) is 0. The van der Waals surface area contributed by atoms with Gasteiger partial charge < -0.3 is 0 Å². The van der Waals surface area contributed by atoms with Gasteiger partial charge in [0.15, 0.2) is 0 Å². The van der Waals surface area contributed by atoms with Crippen LogP contribution in [-0.4, -0.2) is 0 Å². The molecular weight excluding hydrogens is 598 g/mol. The molecule has 2 unspecified atom stereocenters. The fourth-order valence-corrected chi connectivity index (χ4v) is 11.4. The van der Waals surface area contributed by atoms with E-state index in [0.29, 0.717) is 11.3 Å². The van der Waals surface area contributed by atoms with Crippen molar-refractivity contribution in [2.75, 3.05) is 0 Å². The molecule has 2 atom stereocenters. The normalized spacial score (nSPS) is 12.2. The molecule has 6 rings (SSSR count). The first kappa shape index (κ1) is 32.9. The molecule has 0 aliphatic rings. The first-order chi connectivity index (χ1) is 20.8. The van der Waals surface area contributed by atoms with Gasteiger partial charge >= 0.3 is 0 Å². The molecule has 0 N–H and O–H groups in total. The monoisotopic (exact) mass is 638 g/mol. The summed E-state index contributed by atoms with van der Waals surface area (Å²) >= 11 is 0. The van der Waals surface area contributed by atoms with Crippen LogP contribution < -0.4 is 21.2 Å². The molecule has 0 saturated heterocycles. The minimum Gasteiger partial charge on any atom is -0.213 e. The first-order valence-electron chi connectivity index (χ1n) is 15.0. The van der Waals surface area contributed by atoms with E-state index in [0.717, 1.165) is 0 Å². The Bertz CT molecular complexity index is 1330. The Morgan fingerprint density at radius 1 is 0.395 bits per heavy atom.